The van der Waals surface area contributed by atoms with Crippen LogP contribution in [0.25, 0.3) is 11.3 Å². The molecule has 1 N–H and O–H groups in total. The average molecular weight is 255 g/mol. The molecule has 1 heterocycles. The monoisotopic (exact) mass is 255 g/mol. The molecule has 19 heavy (non-hydrogen) atoms. The molecule has 0 atom stereocenters. The van der Waals surface area contributed by atoms with E-state index in [1.54, 1.807) is 0 Å². The van der Waals surface area contributed by atoms with E-state index in [0.29, 0.717) is 5.95 Å². The number of hydrogen-bond acceptors (Lipinski definition) is 3. The van der Waals surface area contributed by atoms with Gasteiger partial charge in [-0.2, -0.15) is 0 Å². The van der Waals surface area contributed by atoms with Gasteiger partial charge in [-0.3, -0.25) is 0 Å². The van der Waals surface area contributed by atoms with Crippen molar-refractivity contribution < 1.29 is 0 Å². The van der Waals surface area contributed by atoms with Gasteiger partial charge in [0.25, 0.3) is 0 Å². The molecule has 0 saturated heterocycles. The summed E-state index contributed by atoms with van der Waals surface area (Å²) in [6.45, 7) is 11.3. The van der Waals surface area contributed by atoms with Crippen molar-refractivity contribution in [3.8, 4) is 11.3 Å². The highest BCUT2D eigenvalue weighted by molar-refractivity contribution is 5.69. The standard InChI is InChI=1S/C16H21N3/c1-6-17-16-18-13(5)9-14(19-16)15-11(3)7-10(2)8-12(15)4/h7-9H,6H2,1-5H3,(H,17,18,19). The summed E-state index contributed by atoms with van der Waals surface area (Å²) in [7, 11) is 0. The normalized spacial score (nSPS) is 10.6. The summed E-state index contributed by atoms with van der Waals surface area (Å²) in [5, 5.41) is 3.19. The third-order valence-electron chi connectivity index (χ3n) is 3.12. The van der Waals surface area contributed by atoms with Crippen LogP contribution < -0.4 is 5.32 Å². The molecule has 0 saturated carbocycles. The fourth-order valence-electron chi connectivity index (χ4n) is 2.52. The molecule has 1 aromatic carbocycles. The van der Waals surface area contributed by atoms with Gasteiger partial charge in [-0.05, 0) is 51.8 Å². The Labute approximate surface area is 115 Å². The first-order valence-electron chi connectivity index (χ1n) is 6.69. The van der Waals surface area contributed by atoms with E-state index in [0.717, 1.165) is 17.9 Å². The lowest BCUT2D eigenvalue weighted by Crippen LogP contribution is -2.04. The van der Waals surface area contributed by atoms with Crippen LogP contribution in [0.3, 0.4) is 0 Å². The van der Waals surface area contributed by atoms with Gasteiger partial charge in [-0.15, -0.1) is 0 Å². The molecule has 0 radical (unpaired) electrons. The summed E-state index contributed by atoms with van der Waals surface area (Å²) in [6, 6.07) is 6.45. The molecule has 2 rings (SSSR count). The summed E-state index contributed by atoms with van der Waals surface area (Å²) < 4.78 is 0. The molecule has 0 unspecified atom stereocenters. The van der Waals surface area contributed by atoms with Crippen LogP contribution in [0.4, 0.5) is 5.95 Å². The molecule has 1 aromatic heterocycles. The maximum Gasteiger partial charge on any atom is 0.223 e. The van der Waals surface area contributed by atoms with Crippen LogP contribution in [0.15, 0.2) is 18.2 Å². The van der Waals surface area contributed by atoms with Crippen LogP contribution in [0.2, 0.25) is 0 Å². The van der Waals surface area contributed by atoms with Crippen LogP contribution in [0, 0.1) is 27.7 Å². The quantitative estimate of drug-likeness (QED) is 0.906. The van der Waals surface area contributed by atoms with E-state index in [-0.39, 0.29) is 0 Å². The second-order valence-electron chi connectivity index (χ2n) is 5.02. The van der Waals surface area contributed by atoms with Gasteiger partial charge in [-0.25, -0.2) is 9.97 Å². The molecule has 0 fully saturated rings. The van der Waals surface area contributed by atoms with Crippen molar-refractivity contribution in [2.45, 2.75) is 34.6 Å². The van der Waals surface area contributed by atoms with Crippen LogP contribution in [0.1, 0.15) is 29.3 Å². The van der Waals surface area contributed by atoms with Crippen LogP contribution >= 0.6 is 0 Å². The smallest absolute Gasteiger partial charge is 0.223 e. The summed E-state index contributed by atoms with van der Waals surface area (Å²) in [6.07, 6.45) is 0. The van der Waals surface area contributed by atoms with E-state index >= 15 is 0 Å². The van der Waals surface area contributed by atoms with Crippen molar-refractivity contribution in [2.24, 2.45) is 0 Å². The Balaban J connectivity index is 2.58. The van der Waals surface area contributed by atoms with E-state index in [1.165, 1.54) is 22.3 Å². The van der Waals surface area contributed by atoms with E-state index in [9.17, 15) is 0 Å². The first-order valence-corrected chi connectivity index (χ1v) is 6.69. The summed E-state index contributed by atoms with van der Waals surface area (Å²) in [4.78, 5) is 9.03. The Morgan fingerprint density at radius 1 is 0.947 bits per heavy atom. The van der Waals surface area contributed by atoms with E-state index in [2.05, 4.69) is 48.2 Å². The van der Waals surface area contributed by atoms with Crippen LogP contribution in [-0.4, -0.2) is 16.5 Å². The van der Waals surface area contributed by atoms with E-state index < -0.39 is 0 Å². The molecule has 0 spiro atoms. The number of anilines is 1. The second kappa shape index (κ2) is 5.39. The number of nitrogens with one attached hydrogen (secondary N) is 1. The number of benzene rings is 1. The fraction of sp³-hybridized carbons (Fsp3) is 0.375. The Morgan fingerprint density at radius 2 is 1.58 bits per heavy atom. The van der Waals surface area contributed by atoms with E-state index in [4.69, 9.17) is 0 Å². The molecular weight excluding hydrogens is 234 g/mol. The average Bonchev–Trinajstić information content (AvgIpc) is 2.26. The van der Waals surface area contributed by atoms with Gasteiger partial charge in [-0.1, -0.05) is 17.7 Å². The number of nitrogens with zero attached hydrogens (tertiary/aromatic N) is 2. The Kier molecular flexibility index (Phi) is 3.84. The Hall–Kier alpha value is -1.90. The minimum Gasteiger partial charge on any atom is -0.354 e. The predicted octanol–water partition coefficient (Wildman–Crippen LogP) is 3.81. The Morgan fingerprint density at radius 3 is 2.16 bits per heavy atom. The lowest BCUT2D eigenvalue weighted by molar-refractivity contribution is 1.05. The molecule has 0 amide bonds. The van der Waals surface area contributed by atoms with Gasteiger partial charge in [0.15, 0.2) is 0 Å². The lowest BCUT2D eigenvalue weighted by Gasteiger charge is -2.12. The van der Waals surface area contributed by atoms with Crippen LogP contribution in [0.5, 0.6) is 0 Å². The number of hydrogen-bond donors (Lipinski definition) is 1. The zero-order valence-corrected chi connectivity index (χ0v) is 12.3. The maximum atomic E-state index is 4.62. The maximum absolute atomic E-state index is 4.62. The van der Waals surface area contributed by atoms with Crippen molar-refractivity contribution in [3.05, 3.63) is 40.6 Å². The van der Waals surface area contributed by atoms with Gasteiger partial charge in [0.1, 0.15) is 0 Å². The Bertz CT molecular complexity index is 580. The molecule has 3 nitrogen and oxygen atoms in total. The highest BCUT2D eigenvalue weighted by Crippen LogP contribution is 2.27. The third-order valence-corrected chi connectivity index (χ3v) is 3.12. The molecule has 3 heteroatoms. The molecular formula is C16H21N3. The van der Waals surface area contributed by atoms with Crippen molar-refractivity contribution in [3.63, 3.8) is 0 Å². The number of aromatic nitrogens is 2. The van der Waals surface area contributed by atoms with Crippen molar-refractivity contribution in [1.29, 1.82) is 0 Å². The van der Waals surface area contributed by atoms with Gasteiger partial charge in [0.2, 0.25) is 5.95 Å². The lowest BCUT2D eigenvalue weighted by atomic mass is 9.97. The second-order valence-corrected chi connectivity index (χ2v) is 5.02. The highest BCUT2D eigenvalue weighted by atomic mass is 15.1. The van der Waals surface area contributed by atoms with Gasteiger partial charge < -0.3 is 5.32 Å². The molecule has 0 aliphatic rings. The minimum atomic E-state index is 0.705. The molecule has 2 aromatic rings. The van der Waals surface area contributed by atoms with Crippen molar-refractivity contribution in [1.82, 2.24) is 9.97 Å². The van der Waals surface area contributed by atoms with Crippen molar-refractivity contribution in [2.75, 3.05) is 11.9 Å². The van der Waals surface area contributed by atoms with Gasteiger partial charge in [0.05, 0.1) is 5.69 Å². The zero-order chi connectivity index (χ0) is 14.0. The van der Waals surface area contributed by atoms with E-state index in [1.807, 2.05) is 19.9 Å². The first kappa shape index (κ1) is 13.5. The topological polar surface area (TPSA) is 37.8 Å². The number of aryl methyl sites for hydroxylation is 4. The molecule has 100 valence electrons. The van der Waals surface area contributed by atoms with Gasteiger partial charge >= 0.3 is 0 Å². The van der Waals surface area contributed by atoms with Crippen molar-refractivity contribution >= 4 is 5.95 Å². The van der Waals surface area contributed by atoms with Gasteiger partial charge in [0, 0.05) is 17.8 Å². The summed E-state index contributed by atoms with van der Waals surface area (Å²) in [5.74, 6) is 0.705. The number of rotatable bonds is 3. The SMILES string of the molecule is CCNc1nc(C)cc(-c2c(C)cc(C)cc2C)n1. The molecule has 0 aliphatic carbocycles. The largest absolute Gasteiger partial charge is 0.354 e. The minimum absolute atomic E-state index is 0.705. The third kappa shape index (κ3) is 2.92. The zero-order valence-electron chi connectivity index (χ0n) is 12.3. The summed E-state index contributed by atoms with van der Waals surface area (Å²) in [5.41, 5.74) is 7.02. The molecule has 0 bridgehead atoms. The first-order chi connectivity index (χ1) is 9.01. The highest BCUT2D eigenvalue weighted by Gasteiger charge is 2.10. The summed E-state index contributed by atoms with van der Waals surface area (Å²) >= 11 is 0. The fourth-order valence-corrected chi connectivity index (χ4v) is 2.52. The van der Waals surface area contributed by atoms with Crippen LogP contribution in [-0.2, 0) is 0 Å². The predicted molar refractivity (Wildman–Crippen MR) is 80.6 cm³/mol. The molecule has 0 aliphatic heterocycles.